The Labute approximate surface area is 182 Å². The number of nitrogens with two attached hydrogens (primary N) is 2. The fraction of sp³-hybridized carbons (Fsp3) is 0.409. The van der Waals surface area contributed by atoms with Gasteiger partial charge < -0.3 is 31.9 Å². The third-order valence-electron chi connectivity index (χ3n) is 5.90. The number of nitrogens with one attached hydrogen (secondary N) is 2. The number of hydrogen-bond donors (Lipinski definition) is 4. The van der Waals surface area contributed by atoms with E-state index in [0.717, 1.165) is 57.5 Å². The standard InChI is InChI=1S/C22H30N8O/c1-15(27-20-7-6-18(14-26-20)29-10-8-25-9-11-29)28-22-16(13-23)12-19(21(24)31)30(22)17-4-2-3-5-17/h6-7,12-14,17,25H,1-5,8-11,23H2,(H2,24,31)(H,26,27)/b16-13-,28-22+. The Hall–Kier alpha value is -3.33. The predicted octanol–water partition coefficient (Wildman–Crippen LogP) is 1.24. The maximum Gasteiger partial charge on any atom is 0.265 e. The molecule has 1 saturated heterocycles. The van der Waals surface area contributed by atoms with Crippen LogP contribution in [-0.2, 0) is 4.79 Å². The summed E-state index contributed by atoms with van der Waals surface area (Å²) in [5.41, 5.74) is 13.6. The number of anilines is 2. The van der Waals surface area contributed by atoms with Gasteiger partial charge in [0.05, 0.1) is 11.9 Å². The number of carbonyl (C=O) groups is 1. The minimum atomic E-state index is -0.486. The molecule has 0 aromatic carbocycles. The molecule has 1 aromatic rings. The smallest absolute Gasteiger partial charge is 0.265 e. The summed E-state index contributed by atoms with van der Waals surface area (Å²) in [5, 5.41) is 6.49. The van der Waals surface area contributed by atoms with Gasteiger partial charge in [-0.05, 0) is 31.1 Å². The van der Waals surface area contributed by atoms with Crippen LogP contribution in [0, 0.1) is 0 Å². The van der Waals surface area contributed by atoms with Crippen molar-refractivity contribution in [1.29, 1.82) is 0 Å². The maximum absolute atomic E-state index is 12.0. The zero-order valence-electron chi connectivity index (χ0n) is 17.7. The minimum absolute atomic E-state index is 0.180. The highest BCUT2D eigenvalue weighted by atomic mass is 16.1. The molecule has 1 aromatic heterocycles. The van der Waals surface area contributed by atoms with E-state index in [0.29, 0.717) is 28.7 Å². The van der Waals surface area contributed by atoms with Gasteiger partial charge >= 0.3 is 0 Å². The molecule has 4 rings (SSSR count). The van der Waals surface area contributed by atoms with Crippen LogP contribution in [0.25, 0.3) is 0 Å². The highest BCUT2D eigenvalue weighted by Crippen LogP contribution is 2.33. The molecule has 164 valence electrons. The van der Waals surface area contributed by atoms with Crippen LogP contribution < -0.4 is 27.0 Å². The van der Waals surface area contributed by atoms with E-state index in [-0.39, 0.29) is 6.04 Å². The van der Waals surface area contributed by atoms with Gasteiger partial charge in [0.25, 0.3) is 5.91 Å². The summed E-state index contributed by atoms with van der Waals surface area (Å²) < 4.78 is 0. The molecule has 0 unspecified atom stereocenters. The Balaban J connectivity index is 1.50. The van der Waals surface area contributed by atoms with Gasteiger partial charge in [-0.3, -0.25) is 4.79 Å². The number of aromatic nitrogens is 1. The van der Waals surface area contributed by atoms with Crippen molar-refractivity contribution in [3.63, 3.8) is 0 Å². The second-order valence-corrected chi connectivity index (χ2v) is 7.97. The molecule has 1 saturated carbocycles. The molecule has 9 heteroatoms. The van der Waals surface area contributed by atoms with E-state index in [9.17, 15) is 4.79 Å². The first-order chi connectivity index (χ1) is 15.1. The van der Waals surface area contributed by atoms with Crippen LogP contribution in [0.5, 0.6) is 0 Å². The lowest BCUT2D eigenvalue weighted by Crippen LogP contribution is -2.43. The third-order valence-corrected chi connectivity index (χ3v) is 5.90. The number of amidine groups is 1. The van der Waals surface area contributed by atoms with Crippen molar-refractivity contribution < 1.29 is 4.79 Å². The highest BCUT2D eigenvalue weighted by molar-refractivity contribution is 6.12. The van der Waals surface area contributed by atoms with Crippen molar-refractivity contribution in [2.24, 2.45) is 16.5 Å². The summed E-state index contributed by atoms with van der Waals surface area (Å²) in [4.78, 5) is 25.4. The molecule has 0 atom stereocenters. The number of hydrogen-bond acceptors (Lipinski definition) is 7. The van der Waals surface area contributed by atoms with E-state index in [4.69, 9.17) is 11.5 Å². The number of carbonyl (C=O) groups excluding carboxylic acids is 1. The van der Waals surface area contributed by atoms with Crippen molar-refractivity contribution >= 4 is 23.2 Å². The molecule has 3 aliphatic rings. The van der Waals surface area contributed by atoms with Crippen LogP contribution in [0.15, 0.2) is 59.3 Å². The van der Waals surface area contributed by atoms with E-state index in [1.54, 1.807) is 6.08 Å². The van der Waals surface area contributed by atoms with E-state index >= 15 is 0 Å². The first-order valence-corrected chi connectivity index (χ1v) is 10.8. The van der Waals surface area contributed by atoms with E-state index in [2.05, 4.69) is 32.1 Å². The minimum Gasteiger partial charge on any atom is -0.404 e. The van der Waals surface area contributed by atoms with Gasteiger partial charge in [-0.25, -0.2) is 9.98 Å². The number of amides is 1. The number of pyridine rings is 1. The molecule has 0 spiro atoms. The Morgan fingerprint density at radius 3 is 2.65 bits per heavy atom. The fourth-order valence-electron chi connectivity index (χ4n) is 4.37. The fourth-order valence-corrected chi connectivity index (χ4v) is 4.37. The molecule has 2 fully saturated rings. The number of nitrogens with zero attached hydrogens (tertiary/aromatic N) is 4. The monoisotopic (exact) mass is 422 g/mol. The third kappa shape index (κ3) is 4.56. The molecular formula is C22H30N8O. The maximum atomic E-state index is 12.0. The molecule has 0 radical (unpaired) electrons. The lowest BCUT2D eigenvalue weighted by molar-refractivity contribution is -0.115. The molecule has 6 N–H and O–H groups in total. The Morgan fingerprint density at radius 1 is 1.29 bits per heavy atom. The molecule has 1 aliphatic carbocycles. The van der Waals surface area contributed by atoms with Gasteiger partial charge in [-0.15, -0.1) is 0 Å². The van der Waals surface area contributed by atoms with Crippen LogP contribution >= 0.6 is 0 Å². The number of rotatable bonds is 6. The molecule has 2 aliphatic heterocycles. The predicted molar refractivity (Wildman–Crippen MR) is 123 cm³/mol. The second-order valence-electron chi connectivity index (χ2n) is 7.97. The van der Waals surface area contributed by atoms with E-state index in [1.165, 1.54) is 6.20 Å². The average molecular weight is 423 g/mol. The first kappa shape index (κ1) is 20.9. The highest BCUT2D eigenvalue weighted by Gasteiger charge is 2.36. The molecule has 0 bridgehead atoms. The van der Waals surface area contributed by atoms with E-state index in [1.807, 2.05) is 23.2 Å². The molecule has 31 heavy (non-hydrogen) atoms. The number of primary amides is 1. The van der Waals surface area contributed by atoms with Gasteiger partial charge in [0.1, 0.15) is 23.2 Å². The number of piperazine rings is 1. The Morgan fingerprint density at radius 2 is 2.03 bits per heavy atom. The van der Waals surface area contributed by atoms with Crippen molar-refractivity contribution in [3.8, 4) is 0 Å². The Kier molecular flexibility index (Phi) is 6.22. The van der Waals surface area contributed by atoms with Crippen LogP contribution in [0.3, 0.4) is 0 Å². The summed E-state index contributed by atoms with van der Waals surface area (Å²) >= 11 is 0. The first-order valence-electron chi connectivity index (χ1n) is 10.8. The van der Waals surface area contributed by atoms with Crippen molar-refractivity contribution in [2.45, 2.75) is 31.7 Å². The zero-order valence-corrected chi connectivity index (χ0v) is 17.7. The SMILES string of the molecule is C=C(/N=C1\C(=C/N)C=C(C(N)=O)N1C1CCCC1)Nc1ccc(N2CCNCC2)cn1. The van der Waals surface area contributed by atoms with Crippen molar-refractivity contribution in [1.82, 2.24) is 15.2 Å². The van der Waals surface area contributed by atoms with Crippen LogP contribution in [0.4, 0.5) is 11.5 Å². The quantitative estimate of drug-likeness (QED) is 0.544. The van der Waals surface area contributed by atoms with Crippen LogP contribution in [0.1, 0.15) is 25.7 Å². The largest absolute Gasteiger partial charge is 0.404 e. The zero-order chi connectivity index (χ0) is 21.8. The van der Waals surface area contributed by atoms with Gasteiger partial charge in [-0.2, -0.15) is 0 Å². The Bertz CT molecular complexity index is 921. The second kappa shape index (κ2) is 9.22. The number of aliphatic imine (C=N–C) groups is 1. The summed E-state index contributed by atoms with van der Waals surface area (Å²) in [7, 11) is 0. The topological polar surface area (TPSA) is 125 Å². The lowest BCUT2D eigenvalue weighted by atomic mass is 10.2. The van der Waals surface area contributed by atoms with E-state index < -0.39 is 5.91 Å². The summed E-state index contributed by atoms with van der Waals surface area (Å²) in [6.45, 7) is 7.92. The average Bonchev–Trinajstić information content (AvgIpc) is 3.42. The lowest BCUT2D eigenvalue weighted by Gasteiger charge is -2.29. The normalized spacial score (nSPS) is 22.3. The molecular weight excluding hydrogens is 392 g/mol. The summed E-state index contributed by atoms with van der Waals surface area (Å²) in [6, 6.07) is 4.14. The molecule has 3 heterocycles. The molecule has 1 amide bonds. The van der Waals surface area contributed by atoms with Crippen LogP contribution in [-0.4, -0.2) is 53.8 Å². The van der Waals surface area contributed by atoms with Crippen molar-refractivity contribution in [3.05, 3.63) is 54.3 Å². The van der Waals surface area contributed by atoms with Crippen molar-refractivity contribution in [2.75, 3.05) is 36.4 Å². The molecule has 9 nitrogen and oxygen atoms in total. The van der Waals surface area contributed by atoms with Gasteiger partial charge in [0.15, 0.2) is 0 Å². The van der Waals surface area contributed by atoms with Crippen LogP contribution in [0.2, 0.25) is 0 Å². The summed E-state index contributed by atoms with van der Waals surface area (Å²) in [6.07, 6.45) is 9.20. The van der Waals surface area contributed by atoms with Gasteiger partial charge in [0, 0.05) is 44.0 Å². The van der Waals surface area contributed by atoms with Gasteiger partial charge in [0.2, 0.25) is 0 Å². The van der Waals surface area contributed by atoms with Gasteiger partial charge in [-0.1, -0.05) is 19.4 Å². The summed E-state index contributed by atoms with van der Waals surface area (Å²) in [5.74, 6) is 1.18.